The summed E-state index contributed by atoms with van der Waals surface area (Å²) in [5, 5.41) is 0. The Morgan fingerprint density at radius 1 is 1.25 bits per heavy atom. The Labute approximate surface area is 127 Å². The number of benzene rings is 1. The lowest BCUT2D eigenvalue weighted by atomic mass is 10.1. The third-order valence-corrected chi connectivity index (χ3v) is 3.66. The fourth-order valence-electron chi connectivity index (χ4n) is 2.48. The van der Waals surface area contributed by atoms with Crippen LogP contribution in [0.4, 0.5) is 0 Å². The second-order valence-electron chi connectivity index (χ2n) is 5.28. The van der Waals surface area contributed by atoms with Crippen molar-refractivity contribution in [2.24, 2.45) is 11.7 Å². The zero-order valence-corrected chi connectivity index (χ0v) is 13.1. The van der Waals surface area contributed by atoms with Gasteiger partial charge in [-0.2, -0.15) is 0 Å². The molecule has 0 bridgehead atoms. The summed E-state index contributed by atoms with van der Waals surface area (Å²) in [6, 6.07) is 8.49. The summed E-state index contributed by atoms with van der Waals surface area (Å²) in [5.41, 5.74) is 7.29. The number of halogens is 1. The van der Waals surface area contributed by atoms with Gasteiger partial charge in [-0.25, -0.2) is 0 Å². The molecule has 5 heteroatoms. The minimum atomic E-state index is 0. The Morgan fingerprint density at radius 2 is 2.00 bits per heavy atom. The van der Waals surface area contributed by atoms with Crippen molar-refractivity contribution in [2.75, 3.05) is 33.4 Å². The van der Waals surface area contributed by atoms with Crippen LogP contribution in [0.5, 0.6) is 5.75 Å². The van der Waals surface area contributed by atoms with Crippen molar-refractivity contribution in [3.8, 4) is 5.75 Å². The molecule has 0 saturated carbocycles. The molecule has 1 fully saturated rings. The molecule has 2 N–H and O–H groups in total. The van der Waals surface area contributed by atoms with Crippen LogP contribution in [0.15, 0.2) is 24.3 Å². The molecule has 2 rings (SSSR count). The van der Waals surface area contributed by atoms with Crippen molar-refractivity contribution >= 4 is 12.4 Å². The number of ether oxygens (including phenoxy) is 2. The predicted molar refractivity (Wildman–Crippen MR) is 83.5 cm³/mol. The molecule has 0 spiro atoms. The maximum atomic E-state index is 6.07. The molecule has 1 heterocycles. The molecule has 0 amide bonds. The average molecular weight is 301 g/mol. The summed E-state index contributed by atoms with van der Waals surface area (Å²) < 4.78 is 10.8. The summed E-state index contributed by atoms with van der Waals surface area (Å²) in [6.07, 6.45) is 0. The van der Waals surface area contributed by atoms with Crippen LogP contribution in [0.3, 0.4) is 0 Å². The van der Waals surface area contributed by atoms with Crippen LogP contribution >= 0.6 is 12.4 Å². The van der Waals surface area contributed by atoms with E-state index in [1.54, 1.807) is 7.11 Å². The van der Waals surface area contributed by atoms with Crippen molar-refractivity contribution in [2.45, 2.75) is 19.5 Å². The van der Waals surface area contributed by atoms with Crippen molar-refractivity contribution < 1.29 is 9.47 Å². The van der Waals surface area contributed by atoms with Crippen LogP contribution in [0.25, 0.3) is 0 Å². The Bertz CT molecular complexity index is 393. The molecule has 1 aliphatic rings. The highest BCUT2D eigenvalue weighted by atomic mass is 35.5. The van der Waals surface area contributed by atoms with Gasteiger partial charge in [-0.3, -0.25) is 4.90 Å². The quantitative estimate of drug-likeness (QED) is 0.815. The van der Waals surface area contributed by atoms with Gasteiger partial charge in [0.15, 0.2) is 0 Å². The number of hydrogen-bond acceptors (Lipinski definition) is 4. The molecule has 20 heavy (non-hydrogen) atoms. The first kappa shape index (κ1) is 17.2. The van der Waals surface area contributed by atoms with Gasteiger partial charge in [-0.1, -0.05) is 25.1 Å². The minimum absolute atomic E-state index is 0. The summed E-state index contributed by atoms with van der Waals surface area (Å²) in [7, 11) is 1.68. The summed E-state index contributed by atoms with van der Waals surface area (Å²) in [6.45, 7) is 6.34. The van der Waals surface area contributed by atoms with Crippen LogP contribution in [-0.4, -0.2) is 44.4 Å². The van der Waals surface area contributed by atoms with Crippen LogP contribution in [0, 0.1) is 5.92 Å². The van der Waals surface area contributed by atoms with Gasteiger partial charge in [-0.15, -0.1) is 12.4 Å². The molecule has 1 aromatic rings. The van der Waals surface area contributed by atoms with Crippen molar-refractivity contribution in [3.63, 3.8) is 0 Å². The van der Waals surface area contributed by atoms with Crippen LogP contribution in [0.2, 0.25) is 0 Å². The van der Waals surface area contributed by atoms with E-state index in [1.807, 2.05) is 12.1 Å². The highest BCUT2D eigenvalue weighted by Gasteiger charge is 2.26. The monoisotopic (exact) mass is 300 g/mol. The molecule has 0 radical (unpaired) electrons. The normalized spacial score (nSPS) is 22.6. The van der Waals surface area contributed by atoms with E-state index in [-0.39, 0.29) is 12.4 Å². The highest BCUT2D eigenvalue weighted by molar-refractivity contribution is 5.85. The molecule has 0 aliphatic carbocycles. The van der Waals surface area contributed by atoms with Gasteiger partial charge in [-0.05, 0) is 12.0 Å². The van der Waals surface area contributed by atoms with E-state index in [0.29, 0.717) is 25.2 Å². The number of methoxy groups -OCH3 is 1. The van der Waals surface area contributed by atoms with E-state index in [1.165, 1.54) is 5.56 Å². The van der Waals surface area contributed by atoms with E-state index in [2.05, 4.69) is 24.0 Å². The molecule has 2 unspecified atom stereocenters. The summed E-state index contributed by atoms with van der Waals surface area (Å²) in [5.74, 6) is 1.52. The molecule has 1 aliphatic heterocycles. The second kappa shape index (κ2) is 8.47. The Hall–Kier alpha value is -0.810. The molecular weight excluding hydrogens is 276 g/mol. The minimum Gasteiger partial charge on any atom is -0.491 e. The van der Waals surface area contributed by atoms with Gasteiger partial charge in [0, 0.05) is 38.3 Å². The fourth-order valence-corrected chi connectivity index (χ4v) is 2.48. The molecule has 1 aromatic carbocycles. The number of likely N-dealkylation sites (tertiary alicyclic amines) is 1. The van der Waals surface area contributed by atoms with E-state index < -0.39 is 0 Å². The van der Waals surface area contributed by atoms with E-state index in [4.69, 9.17) is 15.2 Å². The van der Waals surface area contributed by atoms with Gasteiger partial charge in [0.25, 0.3) is 0 Å². The third-order valence-electron chi connectivity index (χ3n) is 3.66. The Morgan fingerprint density at radius 3 is 2.65 bits per heavy atom. The lowest BCUT2D eigenvalue weighted by Crippen LogP contribution is -2.28. The Balaban J connectivity index is 0.00000200. The van der Waals surface area contributed by atoms with Crippen molar-refractivity contribution in [1.82, 2.24) is 4.90 Å². The molecule has 2 atom stereocenters. The van der Waals surface area contributed by atoms with Crippen LogP contribution < -0.4 is 10.5 Å². The number of hydrogen-bond donors (Lipinski definition) is 1. The number of para-hydroxylation sites is 1. The number of nitrogens with two attached hydrogens (primary N) is 1. The molecular formula is C15H25ClN2O2. The van der Waals surface area contributed by atoms with E-state index >= 15 is 0 Å². The number of nitrogens with zero attached hydrogens (tertiary/aromatic N) is 1. The predicted octanol–water partition coefficient (Wildman–Crippen LogP) is 1.91. The lowest BCUT2D eigenvalue weighted by molar-refractivity contribution is 0.145. The topological polar surface area (TPSA) is 47.7 Å². The molecule has 4 nitrogen and oxygen atoms in total. The summed E-state index contributed by atoms with van der Waals surface area (Å²) in [4.78, 5) is 2.40. The van der Waals surface area contributed by atoms with Gasteiger partial charge in [0.2, 0.25) is 0 Å². The van der Waals surface area contributed by atoms with Crippen molar-refractivity contribution in [3.05, 3.63) is 29.8 Å². The average Bonchev–Trinajstić information content (AvgIpc) is 2.71. The maximum absolute atomic E-state index is 6.07. The van der Waals surface area contributed by atoms with Gasteiger partial charge >= 0.3 is 0 Å². The Kier molecular flexibility index (Phi) is 7.30. The molecule has 0 aromatic heterocycles. The van der Waals surface area contributed by atoms with Gasteiger partial charge in [0.05, 0.1) is 6.61 Å². The third kappa shape index (κ3) is 4.63. The first-order valence-corrected chi connectivity index (χ1v) is 6.88. The number of rotatable bonds is 6. The SMILES string of the molecule is COCCOc1ccccc1CN1CC(C)C(N)C1.Cl. The van der Waals surface area contributed by atoms with Gasteiger partial charge in [0.1, 0.15) is 12.4 Å². The van der Waals surface area contributed by atoms with Crippen LogP contribution in [0.1, 0.15) is 12.5 Å². The standard InChI is InChI=1S/C15H24N2O2.ClH/c1-12-9-17(11-14(12)16)10-13-5-3-4-6-15(13)19-8-7-18-2;/h3-6,12,14H,7-11,16H2,1-2H3;1H. The zero-order chi connectivity index (χ0) is 13.7. The summed E-state index contributed by atoms with van der Waals surface area (Å²) >= 11 is 0. The first-order valence-electron chi connectivity index (χ1n) is 6.88. The largest absolute Gasteiger partial charge is 0.491 e. The van der Waals surface area contributed by atoms with Gasteiger partial charge < -0.3 is 15.2 Å². The molecule has 114 valence electrons. The smallest absolute Gasteiger partial charge is 0.123 e. The molecule has 1 saturated heterocycles. The second-order valence-corrected chi connectivity index (χ2v) is 5.28. The first-order chi connectivity index (χ1) is 9.20. The van der Waals surface area contributed by atoms with Crippen molar-refractivity contribution in [1.29, 1.82) is 0 Å². The van der Waals surface area contributed by atoms with E-state index in [9.17, 15) is 0 Å². The van der Waals surface area contributed by atoms with E-state index in [0.717, 1.165) is 25.4 Å². The van der Waals surface area contributed by atoms with Crippen LogP contribution in [-0.2, 0) is 11.3 Å². The fraction of sp³-hybridized carbons (Fsp3) is 0.600. The maximum Gasteiger partial charge on any atom is 0.123 e. The zero-order valence-electron chi connectivity index (χ0n) is 12.2. The lowest BCUT2D eigenvalue weighted by Gasteiger charge is -2.18. The highest BCUT2D eigenvalue weighted by Crippen LogP contribution is 2.23.